The van der Waals surface area contributed by atoms with Crippen molar-refractivity contribution >= 4 is 24.4 Å². The number of benzene rings is 2. The van der Waals surface area contributed by atoms with E-state index in [1.54, 1.807) is 63.2 Å². The van der Waals surface area contributed by atoms with Gasteiger partial charge < -0.3 is 9.16 Å². The van der Waals surface area contributed by atoms with Crippen molar-refractivity contribution < 1.29 is 35.1 Å². The van der Waals surface area contributed by atoms with Crippen LogP contribution in [0.2, 0.25) is 18.1 Å². The molecule has 0 amide bonds. The number of aromatic nitrogens is 1. The van der Waals surface area contributed by atoms with Crippen molar-refractivity contribution in [2.75, 3.05) is 6.61 Å². The number of halogens is 4. The molecule has 256 valence electrons. The topological polar surface area (TPSA) is 89.9 Å². The van der Waals surface area contributed by atoms with Crippen LogP contribution in [0.25, 0.3) is 11.3 Å². The van der Waals surface area contributed by atoms with E-state index in [1.807, 2.05) is 0 Å². The van der Waals surface area contributed by atoms with Gasteiger partial charge in [0.05, 0.1) is 17.3 Å². The standard InChI is InChI=1S/C34H43F4N3O4SSi/c1-31(2,3)47(7,8)44-20-19-29(26-11-9-10-12-27(26)35)40-30-41-46(42,43)33(6,32(4,5)45-30)21-23-13-15-24(16-14-23)28-18-17-25(22-39-28)34(36,37)38/h9-18,22,29H,19-21H2,1-8H3,(H,40,41). The Kier molecular flexibility index (Phi) is 10.1. The van der Waals surface area contributed by atoms with Crippen LogP contribution in [-0.4, -0.2) is 44.7 Å². The minimum Gasteiger partial charge on any atom is -0.457 e. The lowest BCUT2D eigenvalue weighted by atomic mass is 9.85. The number of amidine groups is 1. The first kappa shape index (κ1) is 36.5. The zero-order chi connectivity index (χ0) is 35.1. The number of hydrogen-bond acceptors (Lipinski definition) is 6. The van der Waals surface area contributed by atoms with Crippen molar-refractivity contribution in [3.8, 4) is 11.3 Å². The molecule has 13 heteroatoms. The van der Waals surface area contributed by atoms with Gasteiger partial charge in [0.1, 0.15) is 16.2 Å². The zero-order valence-corrected chi connectivity index (χ0v) is 29.8. The van der Waals surface area contributed by atoms with Gasteiger partial charge in [-0.25, -0.2) is 22.5 Å². The van der Waals surface area contributed by atoms with E-state index in [0.29, 0.717) is 35.4 Å². The van der Waals surface area contributed by atoms with Gasteiger partial charge in [-0.3, -0.25) is 4.98 Å². The maximum absolute atomic E-state index is 15.0. The van der Waals surface area contributed by atoms with Crippen LogP contribution in [0.15, 0.2) is 71.9 Å². The number of nitrogens with one attached hydrogen (secondary N) is 1. The molecular weight excluding hydrogens is 651 g/mol. The second kappa shape index (κ2) is 13.0. The monoisotopic (exact) mass is 693 g/mol. The summed E-state index contributed by atoms with van der Waals surface area (Å²) >= 11 is 0. The molecule has 1 aromatic heterocycles. The third-order valence-electron chi connectivity index (χ3n) is 9.52. The average molecular weight is 694 g/mol. The van der Waals surface area contributed by atoms with Crippen LogP contribution in [0.3, 0.4) is 0 Å². The molecule has 2 aromatic carbocycles. The molecule has 2 heterocycles. The van der Waals surface area contributed by atoms with Crippen molar-refractivity contribution in [2.24, 2.45) is 4.99 Å². The van der Waals surface area contributed by atoms with Gasteiger partial charge >= 0.3 is 6.18 Å². The molecule has 7 nitrogen and oxygen atoms in total. The predicted molar refractivity (Wildman–Crippen MR) is 178 cm³/mol. The molecule has 1 N–H and O–H groups in total. The molecule has 1 aliphatic rings. The number of ether oxygens (including phenoxy) is 1. The van der Waals surface area contributed by atoms with Crippen LogP contribution in [0.4, 0.5) is 17.6 Å². The zero-order valence-electron chi connectivity index (χ0n) is 28.0. The third-order valence-corrected chi connectivity index (χ3v) is 16.3. The molecule has 3 aromatic rings. The van der Waals surface area contributed by atoms with E-state index in [1.165, 1.54) is 12.1 Å². The molecule has 47 heavy (non-hydrogen) atoms. The molecule has 0 radical (unpaired) electrons. The quantitative estimate of drug-likeness (QED) is 0.180. The average Bonchev–Trinajstić information content (AvgIpc) is 2.95. The summed E-state index contributed by atoms with van der Waals surface area (Å²) in [7, 11) is -6.21. The summed E-state index contributed by atoms with van der Waals surface area (Å²) in [6, 6.07) is 14.3. The summed E-state index contributed by atoms with van der Waals surface area (Å²) in [6.45, 7) is 15.8. The van der Waals surface area contributed by atoms with Crippen LogP contribution >= 0.6 is 0 Å². The van der Waals surface area contributed by atoms with Crippen molar-refractivity contribution in [1.29, 1.82) is 0 Å². The number of sulfonamides is 1. The smallest absolute Gasteiger partial charge is 0.417 e. The van der Waals surface area contributed by atoms with Crippen LogP contribution in [-0.2, 0) is 31.8 Å². The summed E-state index contributed by atoms with van der Waals surface area (Å²) in [4.78, 5) is 8.53. The summed E-state index contributed by atoms with van der Waals surface area (Å²) in [6.07, 6.45) is -3.34. The van der Waals surface area contributed by atoms with Crippen molar-refractivity contribution in [2.45, 2.75) is 95.1 Å². The highest BCUT2D eigenvalue weighted by molar-refractivity contribution is 7.91. The number of aliphatic imine (C=N–C) groups is 1. The Balaban J connectivity index is 1.57. The summed E-state index contributed by atoms with van der Waals surface area (Å²) < 4.78 is 95.2. The van der Waals surface area contributed by atoms with Crippen LogP contribution in [0, 0.1) is 5.82 Å². The highest BCUT2D eigenvalue weighted by Gasteiger charge is 2.57. The Bertz CT molecular complexity index is 1700. The van der Waals surface area contributed by atoms with Gasteiger partial charge in [0.2, 0.25) is 10.0 Å². The molecule has 0 bridgehead atoms. The van der Waals surface area contributed by atoms with Gasteiger partial charge in [0, 0.05) is 23.9 Å². The fraction of sp³-hybridized carbons (Fsp3) is 0.471. The lowest BCUT2D eigenvalue weighted by Crippen LogP contribution is -2.66. The predicted octanol–water partition coefficient (Wildman–Crippen LogP) is 8.45. The maximum Gasteiger partial charge on any atom is 0.417 e. The molecule has 2 unspecified atom stereocenters. The number of pyridine rings is 1. The Hall–Kier alpha value is -3.29. The lowest BCUT2D eigenvalue weighted by Gasteiger charge is -2.47. The Morgan fingerprint density at radius 2 is 1.64 bits per heavy atom. The Morgan fingerprint density at radius 3 is 2.17 bits per heavy atom. The Labute approximate surface area is 276 Å². The molecule has 2 atom stereocenters. The first-order valence-electron chi connectivity index (χ1n) is 15.4. The fourth-order valence-electron chi connectivity index (χ4n) is 5.02. The SMILES string of the molecule is CC1(C)OC(=NC(CCO[Si](C)(C)C(C)(C)C)c2ccccc2F)NS(=O)(=O)C1(C)Cc1ccc(-c2ccc(C(F)(F)F)cn2)cc1. The van der Waals surface area contributed by atoms with Gasteiger partial charge in [-0.1, -0.05) is 63.2 Å². The fourth-order valence-corrected chi connectivity index (χ4v) is 7.67. The summed E-state index contributed by atoms with van der Waals surface area (Å²) in [5, 5.41) is -0.0254. The van der Waals surface area contributed by atoms with Crippen LogP contribution < -0.4 is 4.72 Å². The lowest BCUT2D eigenvalue weighted by molar-refractivity contribution is -0.137. The van der Waals surface area contributed by atoms with Crippen molar-refractivity contribution in [1.82, 2.24) is 9.71 Å². The Morgan fingerprint density at radius 1 is 1.00 bits per heavy atom. The molecule has 0 saturated carbocycles. The molecule has 4 rings (SSSR count). The first-order chi connectivity index (χ1) is 21.6. The number of rotatable bonds is 9. The van der Waals surface area contributed by atoms with Gasteiger partial charge in [-0.15, -0.1) is 0 Å². The van der Waals surface area contributed by atoms with E-state index in [2.05, 4.69) is 48.6 Å². The van der Waals surface area contributed by atoms with E-state index in [4.69, 9.17) is 9.16 Å². The second-order valence-electron chi connectivity index (χ2n) is 14.1. The van der Waals surface area contributed by atoms with Gasteiger partial charge in [-0.2, -0.15) is 13.2 Å². The van der Waals surface area contributed by atoms with Gasteiger partial charge in [0.25, 0.3) is 6.02 Å². The van der Waals surface area contributed by atoms with E-state index in [-0.39, 0.29) is 17.5 Å². The summed E-state index contributed by atoms with van der Waals surface area (Å²) in [5.74, 6) is -0.466. The maximum atomic E-state index is 15.0. The van der Waals surface area contributed by atoms with Crippen LogP contribution in [0.5, 0.6) is 0 Å². The van der Waals surface area contributed by atoms with E-state index in [0.717, 1.165) is 12.3 Å². The third kappa shape index (κ3) is 7.89. The van der Waals surface area contributed by atoms with Gasteiger partial charge in [-0.05, 0) is 75.5 Å². The highest BCUT2D eigenvalue weighted by atomic mass is 32.2. The van der Waals surface area contributed by atoms with Crippen LogP contribution in [0.1, 0.15) is 70.7 Å². The minimum absolute atomic E-state index is 0.0254. The van der Waals surface area contributed by atoms with E-state index >= 15 is 0 Å². The number of hydrogen-bond donors (Lipinski definition) is 1. The molecule has 0 spiro atoms. The number of alkyl halides is 3. The largest absolute Gasteiger partial charge is 0.457 e. The first-order valence-corrected chi connectivity index (χ1v) is 19.8. The van der Waals surface area contributed by atoms with Crippen molar-refractivity contribution in [3.05, 3.63) is 89.4 Å². The summed E-state index contributed by atoms with van der Waals surface area (Å²) in [5.41, 5.74) is -0.218. The second-order valence-corrected chi connectivity index (χ2v) is 21.0. The molecule has 0 aliphatic carbocycles. The molecule has 1 aliphatic heterocycles. The number of nitrogens with zero attached hydrogens (tertiary/aromatic N) is 2. The minimum atomic E-state index is -4.48. The molecule has 1 saturated heterocycles. The molecular formula is C34H43F4N3O4SSi. The van der Waals surface area contributed by atoms with E-state index in [9.17, 15) is 26.0 Å². The highest BCUT2D eigenvalue weighted by Crippen LogP contribution is 2.41. The van der Waals surface area contributed by atoms with E-state index < -0.39 is 52.3 Å². The van der Waals surface area contributed by atoms with Gasteiger partial charge in [0.15, 0.2) is 8.32 Å². The van der Waals surface area contributed by atoms with Crippen molar-refractivity contribution in [3.63, 3.8) is 0 Å². The normalized spacial score (nSPS) is 21.1. The molecule has 1 fully saturated rings.